The van der Waals surface area contributed by atoms with Crippen molar-refractivity contribution in [2.45, 2.75) is 26.0 Å². The lowest BCUT2D eigenvalue weighted by Crippen LogP contribution is -2.43. The van der Waals surface area contributed by atoms with Crippen LogP contribution in [-0.2, 0) is 22.5 Å². The molecule has 7 nitrogen and oxygen atoms in total. The first kappa shape index (κ1) is 15.8. The van der Waals surface area contributed by atoms with Gasteiger partial charge in [0.05, 0.1) is 19.6 Å². The monoisotopic (exact) mass is 339 g/mol. The number of aromatic amines is 1. The van der Waals surface area contributed by atoms with E-state index in [1.807, 2.05) is 46.9 Å². The molecule has 1 amide bonds. The van der Waals surface area contributed by atoms with Crippen molar-refractivity contribution < 1.29 is 9.53 Å². The number of H-pyrrole nitrogens is 1. The van der Waals surface area contributed by atoms with Gasteiger partial charge in [0.25, 0.3) is 0 Å². The molecular weight excluding hydrogens is 318 g/mol. The number of carbonyl (C=O) groups excluding carboxylic acids is 1. The quantitative estimate of drug-likeness (QED) is 0.788. The lowest BCUT2D eigenvalue weighted by Gasteiger charge is -2.32. The molecule has 4 rings (SSSR count). The SMILES string of the molecule is CCn1cnnc1C1CN(C(=O)Cc2c[nH]c3ccccc23)CCO1. The lowest BCUT2D eigenvalue weighted by molar-refractivity contribution is -0.138. The molecule has 0 spiro atoms. The first-order chi connectivity index (χ1) is 12.3. The highest BCUT2D eigenvalue weighted by Gasteiger charge is 2.28. The fourth-order valence-corrected chi connectivity index (χ4v) is 3.34. The average molecular weight is 339 g/mol. The maximum absolute atomic E-state index is 12.8. The minimum atomic E-state index is -0.219. The van der Waals surface area contributed by atoms with E-state index < -0.39 is 0 Å². The van der Waals surface area contributed by atoms with Crippen LogP contribution in [0, 0.1) is 0 Å². The fourth-order valence-electron chi connectivity index (χ4n) is 3.34. The third-order valence-corrected chi connectivity index (χ3v) is 4.71. The minimum absolute atomic E-state index is 0.112. The number of nitrogens with zero attached hydrogens (tertiary/aromatic N) is 4. The van der Waals surface area contributed by atoms with Crippen LogP contribution < -0.4 is 0 Å². The van der Waals surface area contributed by atoms with Crippen molar-refractivity contribution in [1.82, 2.24) is 24.6 Å². The first-order valence-electron chi connectivity index (χ1n) is 8.58. The van der Waals surface area contributed by atoms with Crippen LogP contribution in [-0.4, -0.2) is 50.3 Å². The zero-order valence-electron chi connectivity index (χ0n) is 14.2. The zero-order chi connectivity index (χ0) is 17.2. The molecule has 1 fully saturated rings. The molecule has 3 aromatic rings. The van der Waals surface area contributed by atoms with Crippen molar-refractivity contribution in [3.05, 3.63) is 48.2 Å². The number of aryl methyl sites for hydroxylation is 1. The number of ether oxygens (including phenoxy) is 1. The predicted molar refractivity (Wildman–Crippen MR) is 93.0 cm³/mol. The summed E-state index contributed by atoms with van der Waals surface area (Å²) in [7, 11) is 0. The van der Waals surface area contributed by atoms with Crippen LogP contribution in [0.3, 0.4) is 0 Å². The van der Waals surface area contributed by atoms with Crippen LogP contribution in [0.2, 0.25) is 0 Å². The summed E-state index contributed by atoms with van der Waals surface area (Å²) in [5.74, 6) is 0.896. The molecule has 1 aliphatic rings. The van der Waals surface area contributed by atoms with Gasteiger partial charge < -0.3 is 19.2 Å². The van der Waals surface area contributed by atoms with Crippen LogP contribution >= 0.6 is 0 Å². The highest BCUT2D eigenvalue weighted by atomic mass is 16.5. The van der Waals surface area contributed by atoms with Gasteiger partial charge in [0.2, 0.25) is 5.91 Å². The highest BCUT2D eigenvalue weighted by molar-refractivity contribution is 5.88. The van der Waals surface area contributed by atoms with E-state index >= 15 is 0 Å². The maximum Gasteiger partial charge on any atom is 0.227 e. The van der Waals surface area contributed by atoms with Crippen molar-refractivity contribution in [3.8, 4) is 0 Å². The Morgan fingerprint density at radius 2 is 2.28 bits per heavy atom. The number of amides is 1. The van der Waals surface area contributed by atoms with Gasteiger partial charge in [-0.1, -0.05) is 18.2 Å². The molecule has 0 aliphatic carbocycles. The Kier molecular flexibility index (Phi) is 4.23. The molecule has 1 saturated heterocycles. The van der Waals surface area contributed by atoms with Crippen LogP contribution in [0.4, 0.5) is 0 Å². The molecule has 1 aromatic carbocycles. The Hall–Kier alpha value is -2.67. The van der Waals surface area contributed by atoms with Gasteiger partial charge in [0.15, 0.2) is 5.82 Å². The van der Waals surface area contributed by atoms with Crippen molar-refractivity contribution >= 4 is 16.8 Å². The first-order valence-corrected chi connectivity index (χ1v) is 8.58. The maximum atomic E-state index is 12.8. The Balaban J connectivity index is 1.48. The standard InChI is InChI=1S/C18H21N5O2/c1-2-22-12-20-21-18(22)16-11-23(7-8-25-16)17(24)9-13-10-19-15-6-4-3-5-14(13)15/h3-6,10,12,16,19H,2,7-9,11H2,1H3. The predicted octanol–water partition coefficient (Wildman–Crippen LogP) is 1.92. The van der Waals surface area contributed by atoms with Crippen molar-refractivity contribution in [2.24, 2.45) is 0 Å². The third kappa shape index (κ3) is 3.02. The summed E-state index contributed by atoms with van der Waals surface area (Å²) in [6.45, 7) is 4.46. The second-order valence-corrected chi connectivity index (χ2v) is 6.21. The Morgan fingerprint density at radius 3 is 3.16 bits per heavy atom. The molecule has 130 valence electrons. The van der Waals surface area contributed by atoms with Gasteiger partial charge in [-0.05, 0) is 18.6 Å². The fraction of sp³-hybridized carbons (Fsp3) is 0.389. The third-order valence-electron chi connectivity index (χ3n) is 4.71. The summed E-state index contributed by atoms with van der Waals surface area (Å²) in [6, 6.07) is 8.04. The second-order valence-electron chi connectivity index (χ2n) is 6.21. The lowest BCUT2D eigenvalue weighted by atomic mass is 10.1. The summed E-state index contributed by atoms with van der Waals surface area (Å²) in [5.41, 5.74) is 2.08. The van der Waals surface area contributed by atoms with E-state index in [2.05, 4.69) is 15.2 Å². The number of carbonyl (C=O) groups is 1. The smallest absolute Gasteiger partial charge is 0.227 e. The van der Waals surface area contributed by atoms with Gasteiger partial charge in [0.1, 0.15) is 12.4 Å². The average Bonchev–Trinajstić information content (AvgIpc) is 3.29. The van der Waals surface area contributed by atoms with E-state index in [9.17, 15) is 4.79 Å². The van der Waals surface area contributed by atoms with E-state index in [-0.39, 0.29) is 12.0 Å². The number of hydrogen-bond acceptors (Lipinski definition) is 4. The van der Waals surface area contributed by atoms with E-state index in [0.717, 1.165) is 28.8 Å². The summed E-state index contributed by atoms with van der Waals surface area (Å²) < 4.78 is 7.78. The summed E-state index contributed by atoms with van der Waals surface area (Å²) >= 11 is 0. The number of morpholine rings is 1. The van der Waals surface area contributed by atoms with Gasteiger partial charge in [0, 0.05) is 30.2 Å². The number of rotatable bonds is 4. The molecule has 1 atom stereocenters. The van der Waals surface area contributed by atoms with Gasteiger partial charge in [-0.15, -0.1) is 10.2 Å². The number of fused-ring (bicyclic) bond motifs is 1. The Morgan fingerprint density at radius 1 is 1.40 bits per heavy atom. The second kappa shape index (κ2) is 6.68. The van der Waals surface area contributed by atoms with Gasteiger partial charge in [-0.3, -0.25) is 4.79 Å². The number of benzene rings is 1. The largest absolute Gasteiger partial charge is 0.366 e. The molecule has 3 heterocycles. The molecule has 0 radical (unpaired) electrons. The molecule has 1 aliphatic heterocycles. The van der Waals surface area contributed by atoms with Crippen LogP contribution in [0.1, 0.15) is 24.4 Å². The van der Waals surface area contributed by atoms with E-state index in [1.54, 1.807) is 6.33 Å². The minimum Gasteiger partial charge on any atom is -0.366 e. The summed E-state index contributed by atoms with van der Waals surface area (Å²) in [4.78, 5) is 17.9. The molecule has 0 bridgehead atoms. The number of hydrogen-bond donors (Lipinski definition) is 1. The molecule has 0 saturated carbocycles. The van der Waals surface area contributed by atoms with Crippen LogP contribution in [0.5, 0.6) is 0 Å². The highest BCUT2D eigenvalue weighted by Crippen LogP contribution is 2.23. The molecule has 25 heavy (non-hydrogen) atoms. The molecule has 2 aromatic heterocycles. The van der Waals surface area contributed by atoms with Crippen LogP contribution in [0.25, 0.3) is 10.9 Å². The van der Waals surface area contributed by atoms with Gasteiger partial charge in [-0.25, -0.2) is 0 Å². The van der Waals surface area contributed by atoms with Crippen LogP contribution in [0.15, 0.2) is 36.8 Å². The van der Waals surface area contributed by atoms with Crippen molar-refractivity contribution in [3.63, 3.8) is 0 Å². The van der Waals surface area contributed by atoms with E-state index in [0.29, 0.717) is 26.1 Å². The molecule has 7 heteroatoms. The molecule has 1 N–H and O–H groups in total. The number of para-hydroxylation sites is 1. The molecule has 1 unspecified atom stereocenters. The zero-order valence-corrected chi connectivity index (χ0v) is 14.2. The summed E-state index contributed by atoms with van der Waals surface area (Å²) in [6.07, 6.45) is 3.79. The Bertz CT molecular complexity index is 884. The van der Waals surface area contributed by atoms with Gasteiger partial charge in [-0.2, -0.15) is 0 Å². The molecular formula is C18H21N5O2. The number of nitrogens with one attached hydrogen (secondary N) is 1. The van der Waals surface area contributed by atoms with Gasteiger partial charge >= 0.3 is 0 Å². The van der Waals surface area contributed by atoms with E-state index in [1.165, 1.54) is 0 Å². The van der Waals surface area contributed by atoms with Crippen molar-refractivity contribution in [2.75, 3.05) is 19.7 Å². The normalized spacial score (nSPS) is 18.0. The van der Waals surface area contributed by atoms with E-state index in [4.69, 9.17) is 4.74 Å². The topological polar surface area (TPSA) is 76.0 Å². The number of aromatic nitrogens is 4. The van der Waals surface area contributed by atoms with Crippen molar-refractivity contribution in [1.29, 1.82) is 0 Å². The summed E-state index contributed by atoms with van der Waals surface area (Å²) in [5, 5.41) is 9.23. The Labute approximate surface area is 145 Å².